The molecule has 2 rings (SSSR count). The molecule has 0 aliphatic heterocycles. The van der Waals surface area contributed by atoms with Gasteiger partial charge in [0.1, 0.15) is 11.6 Å². The summed E-state index contributed by atoms with van der Waals surface area (Å²) in [5.74, 6) is -1.72. The smallest absolute Gasteiger partial charge is 0.259 e. The molecular weight excluding hydrogens is 316 g/mol. The number of rotatable bonds is 2. The average Bonchev–Trinajstić information content (AvgIpc) is 2.26. The summed E-state index contributed by atoms with van der Waals surface area (Å²) in [6.45, 7) is 1.71. The van der Waals surface area contributed by atoms with Gasteiger partial charge in [0, 0.05) is 10.2 Å². The van der Waals surface area contributed by atoms with Crippen LogP contribution in [0.4, 0.5) is 14.5 Å². The summed E-state index contributed by atoms with van der Waals surface area (Å²) in [5.41, 5.74) is 0.852. The maximum absolute atomic E-state index is 13.6. The van der Waals surface area contributed by atoms with E-state index < -0.39 is 17.5 Å². The lowest BCUT2D eigenvalue weighted by molar-refractivity contribution is 0.102. The van der Waals surface area contributed by atoms with E-state index in [0.717, 1.165) is 0 Å². The van der Waals surface area contributed by atoms with Gasteiger partial charge in [-0.2, -0.15) is 0 Å². The molecule has 2 aromatic carbocycles. The van der Waals surface area contributed by atoms with Crippen LogP contribution in [0.5, 0.6) is 0 Å². The van der Waals surface area contributed by atoms with Crippen LogP contribution < -0.4 is 5.32 Å². The molecule has 0 spiro atoms. The first-order valence-electron chi connectivity index (χ1n) is 5.50. The van der Waals surface area contributed by atoms with Crippen molar-refractivity contribution in [2.75, 3.05) is 5.32 Å². The minimum Gasteiger partial charge on any atom is -0.322 e. The van der Waals surface area contributed by atoms with E-state index in [4.69, 9.17) is 0 Å². The van der Waals surface area contributed by atoms with Crippen LogP contribution in [0.25, 0.3) is 0 Å². The molecule has 0 unspecified atom stereocenters. The lowest BCUT2D eigenvalue weighted by atomic mass is 10.1. The van der Waals surface area contributed by atoms with Crippen molar-refractivity contribution in [2.45, 2.75) is 6.92 Å². The van der Waals surface area contributed by atoms with E-state index in [0.29, 0.717) is 10.0 Å². The molecule has 0 saturated heterocycles. The van der Waals surface area contributed by atoms with Crippen molar-refractivity contribution in [1.29, 1.82) is 0 Å². The van der Waals surface area contributed by atoms with Crippen LogP contribution >= 0.6 is 15.9 Å². The molecule has 2 aromatic rings. The number of aryl methyl sites for hydroxylation is 1. The van der Waals surface area contributed by atoms with E-state index in [2.05, 4.69) is 21.2 Å². The molecule has 0 atom stereocenters. The fourth-order valence-electron chi connectivity index (χ4n) is 1.72. The zero-order valence-corrected chi connectivity index (χ0v) is 11.6. The maximum atomic E-state index is 13.6. The zero-order valence-electron chi connectivity index (χ0n) is 10.0. The number of nitrogens with one attached hydrogen (secondary N) is 1. The summed E-state index contributed by atoms with van der Waals surface area (Å²) in [6.07, 6.45) is 0. The summed E-state index contributed by atoms with van der Waals surface area (Å²) >= 11 is 3.12. The molecule has 1 amide bonds. The molecule has 0 heterocycles. The number of carbonyl (C=O) groups is 1. The second-order valence-corrected chi connectivity index (χ2v) is 4.92. The summed E-state index contributed by atoms with van der Waals surface area (Å²) in [6, 6.07) is 8.37. The molecule has 19 heavy (non-hydrogen) atoms. The fraction of sp³-hybridized carbons (Fsp3) is 0.0714. The Morgan fingerprint density at radius 1 is 1.21 bits per heavy atom. The normalized spacial score (nSPS) is 10.3. The van der Waals surface area contributed by atoms with Gasteiger partial charge in [0.15, 0.2) is 0 Å². The molecular formula is C14H10BrF2NO. The summed E-state index contributed by atoms with van der Waals surface area (Å²) in [7, 11) is 0. The highest BCUT2D eigenvalue weighted by molar-refractivity contribution is 9.10. The molecule has 0 aliphatic rings. The van der Waals surface area contributed by atoms with Crippen molar-refractivity contribution in [2.24, 2.45) is 0 Å². The number of amides is 1. The molecule has 2 nitrogen and oxygen atoms in total. The highest BCUT2D eigenvalue weighted by Gasteiger charge is 2.15. The third-order valence-corrected chi connectivity index (χ3v) is 3.15. The topological polar surface area (TPSA) is 29.1 Å². The minimum absolute atomic E-state index is 0.107. The Hall–Kier alpha value is -1.75. The number of carbonyl (C=O) groups excluding carboxylic acids is 1. The monoisotopic (exact) mass is 325 g/mol. The van der Waals surface area contributed by atoms with Gasteiger partial charge in [-0.15, -0.1) is 0 Å². The van der Waals surface area contributed by atoms with Crippen LogP contribution in [0.1, 0.15) is 15.9 Å². The van der Waals surface area contributed by atoms with Crippen molar-refractivity contribution in [1.82, 2.24) is 0 Å². The third-order valence-electron chi connectivity index (χ3n) is 2.49. The van der Waals surface area contributed by atoms with Crippen molar-refractivity contribution in [3.8, 4) is 0 Å². The summed E-state index contributed by atoms with van der Waals surface area (Å²) in [4.78, 5) is 12.0. The van der Waals surface area contributed by atoms with E-state index >= 15 is 0 Å². The van der Waals surface area contributed by atoms with Gasteiger partial charge < -0.3 is 5.32 Å². The van der Waals surface area contributed by atoms with Crippen molar-refractivity contribution in [3.05, 3.63) is 63.6 Å². The first kappa shape index (κ1) is 13.7. The van der Waals surface area contributed by atoms with Gasteiger partial charge in [-0.05, 0) is 58.7 Å². The lowest BCUT2D eigenvalue weighted by Gasteiger charge is -2.08. The number of anilines is 1. The Kier molecular flexibility index (Phi) is 3.95. The Labute approximate surface area is 117 Å². The summed E-state index contributed by atoms with van der Waals surface area (Å²) < 4.78 is 27.1. The minimum atomic E-state index is -0.639. The molecule has 98 valence electrons. The lowest BCUT2D eigenvalue weighted by Crippen LogP contribution is -2.14. The Morgan fingerprint density at radius 3 is 2.58 bits per heavy atom. The van der Waals surface area contributed by atoms with E-state index in [-0.39, 0.29) is 11.3 Å². The Balaban J connectivity index is 2.31. The van der Waals surface area contributed by atoms with Crippen molar-refractivity contribution in [3.63, 3.8) is 0 Å². The van der Waals surface area contributed by atoms with Gasteiger partial charge in [-0.25, -0.2) is 8.78 Å². The molecule has 0 bridgehead atoms. The number of hydrogen-bond acceptors (Lipinski definition) is 1. The first-order chi connectivity index (χ1) is 8.97. The Bertz CT molecular complexity index is 603. The molecule has 1 N–H and O–H groups in total. The van der Waals surface area contributed by atoms with Crippen LogP contribution in [0.2, 0.25) is 0 Å². The Morgan fingerprint density at radius 2 is 1.95 bits per heavy atom. The second-order valence-electron chi connectivity index (χ2n) is 4.07. The predicted octanol–water partition coefficient (Wildman–Crippen LogP) is 4.29. The molecule has 0 saturated carbocycles. The summed E-state index contributed by atoms with van der Waals surface area (Å²) in [5, 5.41) is 2.47. The van der Waals surface area contributed by atoms with Gasteiger partial charge in [0.05, 0.1) is 5.56 Å². The van der Waals surface area contributed by atoms with Crippen LogP contribution in [0.15, 0.2) is 40.9 Å². The molecule has 0 radical (unpaired) electrons. The molecule has 0 fully saturated rings. The van der Waals surface area contributed by atoms with Gasteiger partial charge in [-0.1, -0.05) is 6.07 Å². The number of benzene rings is 2. The van der Waals surface area contributed by atoms with Crippen LogP contribution in [-0.4, -0.2) is 5.91 Å². The van der Waals surface area contributed by atoms with E-state index in [1.54, 1.807) is 19.1 Å². The van der Waals surface area contributed by atoms with Gasteiger partial charge in [0.25, 0.3) is 5.91 Å². The SMILES string of the molecule is Cc1cc(F)cc(NC(=O)c2c(F)cccc2Br)c1. The quantitative estimate of drug-likeness (QED) is 0.876. The molecule has 5 heteroatoms. The fourth-order valence-corrected chi connectivity index (χ4v) is 2.24. The number of halogens is 3. The van der Waals surface area contributed by atoms with Crippen molar-refractivity contribution >= 4 is 27.5 Å². The first-order valence-corrected chi connectivity index (χ1v) is 6.29. The molecule has 0 aliphatic carbocycles. The van der Waals surface area contributed by atoms with Crippen molar-refractivity contribution < 1.29 is 13.6 Å². The second kappa shape index (κ2) is 5.48. The van der Waals surface area contributed by atoms with Crippen LogP contribution in [0.3, 0.4) is 0 Å². The highest BCUT2D eigenvalue weighted by atomic mass is 79.9. The average molecular weight is 326 g/mol. The van der Waals surface area contributed by atoms with Crippen LogP contribution in [0, 0.1) is 18.6 Å². The van der Waals surface area contributed by atoms with E-state index in [1.165, 1.54) is 24.3 Å². The van der Waals surface area contributed by atoms with E-state index in [1.807, 2.05) is 0 Å². The maximum Gasteiger partial charge on any atom is 0.259 e. The molecule has 0 aromatic heterocycles. The van der Waals surface area contributed by atoms with Crippen LogP contribution in [-0.2, 0) is 0 Å². The van der Waals surface area contributed by atoms with Gasteiger partial charge >= 0.3 is 0 Å². The standard InChI is InChI=1S/C14H10BrF2NO/c1-8-5-9(16)7-10(6-8)18-14(19)13-11(15)3-2-4-12(13)17/h2-7H,1H3,(H,18,19). The number of hydrogen-bond donors (Lipinski definition) is 1. The van der Waals surface area contributed by atoms with Gasteiger partial charge in [-0.3, -0.25) is 4.79 Å². The van der Waals surface area contributed by atoms with E-state index in [9.17, 15) is 13.6 Å². The third kappa shape index (κ3) is 3.17. The predicted molar refractivity (Wildman–Crippen MR) is 73.2 cm³/mol. The van der Waals surface area contributed by atoms with Gasteiger partial charge in [0.2, 0.25) is 0 Å². The zero-order chi connectivity index (χ0) is 14.0. The highest BCUT2D eigenvalue weighted by Crippen LogP contribution is 2.21. The largest absolute Gasteiger partial charge is 0.322 e.